The van der Waals surface area contributed by atoms with Gasteiger partial charge in [-0.3, -0.25) is 11.3 Å². The standard InChI is InChI=1S/C14H20N4O2/c1-18-7-6-16-14(18)9-11(17-15)10-4-5-12(19-2)13(8-10)20-3/h4-8,11,17H,9,15H2,1-3H3. The van der Waals surface area contributed by atoms with E-state index in [0.29, 0.717) is 17.9 Å². The van der Waals surface area contributed by atoms with Gasteiger partial charge in [-0.05, 0) is 17.7 Å². The van der Waals surface area contributed by atoms with Crippen molar-refractivity contribution in [3.05, 3.63) is 42.0 Å². The van der Waals surface area contributed by atoms with Crippen LogP contribution in [0.1, 0.15) is 17.4 Å². The zero-order valence-corrected chi connectivity index (χ0v) is 12.0. The molecule has 0 aliphatic rings. The summed E-state index contributed by atoms with van der Waals surface area (Å²) in [6, 6.07) is 5.72. The fraction of sp³-hybridized carbons (Fsp3) is 0.357. The van der Waals surface area contributed by atoms with E-state index in [1.54, 1.807) is 20.4 Å². The van der Waals surface area contributed by atoms with E-state index in [2.05, 4.69) is 10.4 Å². The average Bonchev–Trinajstić information content (AvgIpc) is 2.89. The largest absolute Gasteiger partial charge is 0.493 e. The zero-order valence-electron chi connectivity index (χ0n) is 12.0. The second kappa shape index (κ2) is 6.40. The van der Waals surface area contributed by atoms with E-state index < -0.39 is 0 Å². The summed E-state index contributed by atoms with van der Waals surface area (Å²) in [6.07, 6.45) is 4.38. The van der Waals surface area contributed by atoms with Crippen molar-refractivity contribution in [2.24, 2.45) is 12.9 Å². The Hall–Kier alpha value is -2.05. The molecule has 0 aliphatic heterocycles. The van der Waals surface area contributed by atoms with Gasteiger partial charge in [-0.2, -0.15) is 0 Å². The highest BCUT2D eigenvalue weighted by Crippen LogP contribution is 2.30. The van der Waals surface area contributed by atoms with Gasteiger partial charge in [0.05, 0.1) is 20.3 Å². The summed E-state index contributed by atoms with van der Waals surface area (Å²) in [6.45, 7) is 0. The molecule has 1 aromatic heterocycles. The highest BCUT2D eigenvalue weighted by atomic mass is 16.5. The number of hydrazine groups is 1. The molecule has 6 nitrogen and oxygen atoms in total. The maximum Gasteiger partial charge on any atom is 0.161 e. The molecule has 0 radical (unpaired) electrons. The van der Waals surface area contributed by atoms with Crippen molar-refractivity contribution in [2.45, 2.75) is 12.5 Å². The van der Waals surface area contributed by atoms with Crippen LogP contribution in [0.25, 0.3) is 0 Å². The van der Waals surface area contributed by atoms with Gasteiger partial charge >= 0.3 is 0 Å². The molecule has 1 unspecified atom stereocenters. The summed E-state index contributed by atoms with van der Waals surface area (Å²) in [7, 11) is 5.19. The predicted octanol–water partition coefficient (Wildman–Crippen LogP) is 1.18. The molecule has 0 saturated heterocycles. The van der Waals surface area contributed by atoms with Crippen molar-refractivity contribution in [3.8, 4) is 11.5 Å². The number of nitrogens with zero attached hydrogens (tertiary/aromatic N) is 2. The lowest BCUT2D eigenvalue weighted by molar-refractivity contribution is 0.353. The van der Waals surface area contributed by atoms with Crippen LogP contribution in [0, 0.1) is 0 Å². The summed E-state index contributed by atoms with van der Waals surface area (Å²) in [4.78, 5) is 4.32. The van der Waals surface area contributed by atoms with Crippen LogP contribution in [-0.2, 0) is 13.5 Å². The van der Waals surface area contributed by atoms with Gasteiger partial charge in [-0.15, -0.1) is 0 Å². The lowest BCUT2D eigenvalue weighted by atomic mass is 10.0. The van der Waals surface area contributed by atoms with Crippen LogP contribution >= 0.6 is 0 Å². The van der Waals surface area contributed by atoms with Crippen LogP contribution in [0.2, 0.25) is 0 Å². The van der Waals surface area contributed by atoms with Crippen LogP contribution in [0.5, 0.6) is 11.5 Å². The molecule has 0 amide bonds. The molecule has 3 N–H and O–H groups in total. The number of hydrogen-bond donors (Lipinski definition) is 2. The third kappa shape index (κ3) is 2.92. The third-order valence-electron chi connectivity index (χ3n) is 3.32. The van der Waals surface area contributed by atoms with Gasteiger partial charge in [0.25, 0.3) is 0 Å². The Balaban J connectivity index is 2.25. The first-order valence-corrected chi connectivity index (χ1v) is 6.33. The summed E-state index contributed by atoms with van der Waals surface area (Å²) in [5.74, 6) is 8.02. The Kier molecular flexibility index (Phi) is 4.60. The quantitative estimate of drug-likeness (QED) is 0.612. The van der Waals surface area contributed by atoms with E-state index >= 15 is 0 Å². The van der Waals surface area contributed by atoms with Crippen molar-refractivity contribution in [1.29, 1.82) is 0 Å². The number of rotatable bonds is 6. The molecule has 1 heterocycles. The molecule has 2 aromatic rings. The minimum atomic E-state index is -0.0455. The number of hydrogen-bond acceptors (Lipinski definition) is 5. The van der Waals surface area contributed by atoms with Gasteiger partial charge in [-0.1, -0.05) is 6.07 Å². The zero-order chi connectivity index (χ0) is 14.5. The van der Waals surface area contributed by atoms with Gasteiger partial charge in [0.1, 0.15) is 5.82 Å². The van der Waals surface area contributed by atoms with E-state index in [1.807, 2.05) is 36.0 Å². The van der Waals surface area contributed by atoms with E-state index in [0.717, 1.165) is 11.4 Å². The van der Waals surface area contributed by atoms with Gasteiger partial charge in [0, 0.05) is 25.9 Å². The predicted molar refractivity (Wildman–Crippen MR) is 76.5 cm³/mol. The molecule has 0 fully saturated rings. The maximum atomic E-state index is 5.67. The Bertz CT molecular complexity index is 568. The van der Waals surface area contributed by atoms with Crippen molar-refractivity contribution in [2.75, 3.05) is 14.2 Å². The first-order chi connectivity index (χ1) is 9.69. The highest BCUT2D eigenvalue weighted by Gasteiger charge is 2.15. The SMILES string of the molecule is COc1ccc(C(Cc2nccn2C)NN)cc1OC. The first-order valence-electron chi connectivity index (χ1n) is 6.33. The molecule has 1 aromatic carbocycles. The van der Waals surface area contributed by atoms with E-state index in [1.165, 1.54) is 0 Å². The molecule has 108 valence electrons. The van der Waals surface area contributed by atoms with E-state index in [4.69, 9.17) is 15.3 Å². The van der Waals surface area contributed by atoms with Crippen LogP contribution in [0.4, 0.5) is 0 Å². The monoisotopic (exact) mass is 276 g/mol. The third-order valence-corrected chi connectivity index (χ3v) is 3.32. The second-order valence-corrected chi connectivity index (χ2v) is 4.49. The lowest BCUT2D eigenvalue weighted by Gasteiger charge is -2.18. The summed E-state index contributed by atoms with van der Waals surface area (Å²) >= 11 is 0. The Morgan fingerprint density at radius 1 is 1.30 bits per heavy atom. The van der Waals surface area contributed by atoms with Gasteiger partial charge < -0.3 is 14.0 Å². The summed E-state index contributed by atoms with van der Waals surface area (Å²) in [5, 5.41) is 0. The molecule has 0 bridgehead atoms. The van der Waals surface area contributed by atoms with E-state index in [-0.39, 0.29) is 6.04 Å². The summed E-state index contributed by atoms with van der Waals surface area (Å²) in [5.41, 5.74) is 3.84. The number of aromatic nitrogens is 2. The molecule has 6 heteroatoms. The fourth-order valence-electron chi connectivity index (χ4n) is 2.12. The number of nitrogens with two attached hydrogens (primary N) is 1. The molecule has 0 spiro atoms. The molecular weight excluding hydrogens is 256 g/mol. The van der Waals surface area contributed by atoms with Crippen LogP contribution < -0.4 is 20.7 Å². The highest BCUT2D eigenvalue weighted by molar-refractivity contribution is 5.43. The maximum absolute atomic E-state index is 5.67. The smallest absolute Gasteiger partial charge is 0.161 e. The van der Waals surface area contributed by atoms with Gasteiger partial charge in [0.15, 0.2) is 11.5 Å². The fourth-order valence-corrected chi connectivity index (χ4v) is 2.12. The number of methoxy groups -OCH3 is 2. The Labute approximate surface area is 118 Å². The van der Waals surface area contributed by atoms with E-state index in [9.17, 15) is 0 Å². The molecule has 20 heavy (non-hydrogen) atoms. The Morgan fingerprint density at radius 2 is 2.05 bits per heavy atom. The molecule has 1 atom stereocenters. The minimum Gasteiger partial charge on any atom is -0.493 e. The van der Waals surface area contributed by atoms with Crippen molar-refractivity contribution in [3.63, 3.8) is 0 Å². The normalized spacial score (nSPS) is 12.2. The van der Waals surface area contributed by atoms with Crippen molar-refractivity contribution < 1.29 is 9.47 Å². The Morgan fingerprint density at radius 3 is 2.60 bits per heavy atom. The second-order valence-electron chi connectivity index (χ2n) is 4.49. The number of nitrogens with one attached hydrogen (secondary N) is 1. The van der Waals surface area contributed by atoms with Gasteiger partial charge in [0.2, 0.25) is 0 Å². The molecular formula is C14H20N4O2. The van der Waals surface area contributed by atoms with Crippen LogP contribution in [0.3, 0.4) is 0 Å². The molecule has 0 saturated carbocycles. The number of benzene rings is 1. The molecule has 2 rings (SSSR count). The summed E-state index contributed by atoms with van der Waals surface area (Å²) < 4.78 is 12.5. The first kappa shape index (κ1) is 14.4. The number of ether oxygens (including phenoxy) is 2. The van der Waals surface area contributed by atoms with Crippen LogP contribution in [-0.4, -0.2) is 23.8 Å². The van der Waals surface area contributed by atoms with Crippen molar-refractivity contribution >= 4 is 0 Å². The van der Waals surface area contributed by atoms with Crippen molar-refractivity contribution in [1.82, 2.24) is 15.0 Å². The number of imidazole rings is 1. The average molecular weight is 276 g/mol. The minimum absolute atomic E-state index is 0.0455. The number of aryl methyl sites for hydroxylation is 1. The topological polar surface area (TPSA) is 74.3 Å². The van der Waals surface area contributed by atoms with Gasteiger partial charge in [-0.25, -0.2) is 4.98 Å². The lowest BCUT2D eigenvalue weighted by Crippen LogP contribution is -2.30. The molecule has 0 aliphatic carbocycles. The van der Waals surface area contributed by atoms with Crippen LogP contribution in [0.15, 0.2) is 30.6 Å².